The average Bonchev–Trinajstić information content (AvgIpc) is 2.40. The topological polar surface area (TPSA) is 48.4 Å². The van der Waals surface area contributed by atoms with E-state index < -0.39 is 5.97 Å². The molecule has 0 atom stereocenters. The van der Waals surface area contributed by atoms with Crippen LogP contribution in [0, 0.1) is 0 Å². The van der Waals surface area contributed by atoms with Crippen molar-refractivity contribution in [2.24, 2.45) is 0 Å². The Kier molecular flexibility index (Phi) is 3.35. The maximum Gasteiger partial charge on any atom is 0.343 e. The minimum atomic E-state index is -0.405. The molecule has 0 bridgehead atoms. The third-order valence-corrected chi connectivity index (χ3v) is 2.14. The van der Waals surface area contributed by atoms with Gasteiger partial charge >= 0.3 is 5.97 Å². The van der Waals surface area contributed by atoms with Crippen LogP contribution in [0.5, 0.6) is 11.6 Å². The van der Waals surface area contributed by atoms with Gasteiger partial charge in [-0.2, -0.15) is 0 Å². The Labute approximate surface area is 98.8 Å². The van der Waals surface area contributed by atoms with Gasteiger partial charge in [0.25, 0.3) is 0 Å². The van der Waals surface area contributed by atoms with E-state index in [-0.39, 0.29) is 0 Å². The van der Waals surface area contributed by atoms with E-state index in [0.717, 1.165) is 0 Å². The largest absolute Gasteiger partial charge is 0.481 e. The Morgan fingerprint density at radius 3 is 2.47 bits per heavy atom. The molecule has 17 heavy (non-hydrogen) atoms. The predicted octanol–water partition coefficient (Wildman–Crippen LogP) is 2.31. The molecular weight excluding hydrogens is 218 g/mol. The summed E-state index contributed by atoms with van der Waals surface area (Å²) in [6, 6.07) is 12.1. The third kappa shape index (κ3) is 2.81. The standard InChI is InChI=1S/C13H11NO3/c1-16-12-8-7-11(9-14-12)17-13(15)10-5-3-2-4-6-10/h2-9H,1H3. The zero-order chi connectivity index (χ0) is 12.1. The summed E-state index contributed by atoms with van der Waals surface area (Å²) in [5.41, 5.74) is 0.503. The number of methoxy groups -OCH3 is 1. The van der Waals surface area contributed by atoms with Gasteiger partial charge in [-0.3, -0.25) is 0 Å². The highest BCUT2D eigenvalue weighted by Gasteiger charge is 2.07. The highest BCUT2D eigenvalue weighted by atomic mass is 16.5. The first-order valence-electron chi connectivity index (χ1n) is 5.07. The smallest absolute Gasteiger partial charge is 0.343 e. The highest BCUT2D eigenvalue weighted by molar-refractivity contribution is 5.90. The van der Waals surface area contributed by atoms with Gasteiger partial charge in [0.05, 0.1) is 18.9 Å². The quantitative estimate of drug-likeness (QED) is 0.758. The molecule has 86 valence electrons. The summed E-state index contributed by atoms with van der Waals surface area (Å²) in [6.07, 6.45) is 1.44. The number of hydrogen-bond acceptors (Lipinski definition) is 4. The summed E-state index contributed by atoms with van der Waals surface area (Å²) >= 11 is 0. The van der Waals surface area contributed by atoms with E-state index in [2.05, 4.69) is 4.98 Å². The number of aromatic nitrogens is 1. The van der Waals surface area contributed by atoms with Crippen molar-refractivity contribution in [3.8, 4) is 11.6 Å². The van der Waals surface area contributed by atoms with Crippen LogP contribution < -0.4 is 9.47 Å². The lowest BCUT2D eigenvalue weighted by molar-refractivity contribution is 0.0734. The van der Waals surface area contributed by atoms with Crippen molar-refractivity contribution in [3.63, 3.8) is 0 Å². The minimum absolute atomic E-state index is 0.389. The predicted molar refractivity (Wildman–Crippen MR) is 62.2 cm³/mol. The Bertz CT molecular complexity index is 494. The molecular formula is C13H11NO3. The lowest BCUT2D eigenvalue weighted by Gasteiger charge is -2.04. The van der Waals surface area contributed by atoms with Crippen LogP contribution in [0.1, 0.15) is 10.4 Å². The fourth-order valence-corrected chi connectivity index (χ4v) is 1.29. The Balaban J connectivity index is 2.08. The monoisotopic (exact) mass is 229 g/mol. The number of benzene rings is 1. The van der Waals surface area contributed by atoms with Gasteiger partial charge in [0.2, 0.25) is 5.88 Å². The zero-order valence-corrected chi connectivity index (χ0v) is 9.29. The van der Waals surface area contributed by atoms with Crippen LogP contribution in [0.25, 0.3) is 0 Å². The van der Waals surface area contributed by atoms with Gasteiger partial charge in [0, 0.05) is 6.07 Å². The molecule has 0 aliphatic carbocycles. The second kappa shape index (κ2) is 5.12. The lowest BCUT2D eigenvalue weighted by Crippen LogP contribution is -2.08. The number of hydrogen-bond donors (Lipinski definition) is 0. The molecule has 0 radical (unpaired) electrons. The van der Waals surface area contributed by atoms with Gasteiger partial charge in [-0.1, -0.05) is 18.2 Å². The molecule has 1 heterocycles. The fraction of sp³-hybridized carbons (Fsp3) is 0.0769. The van der Waals surface area contributed by atoms with Crippen molar-refractivity contribution in [1.29, 1.82) is 0 Å². The summed E-state index contributed by atoms with van der Waals surface area (Å²) in [7, 11) is 1.53. The van der Waals surface area contributed by atoms with Crippen LogP contribution in [0.15, 0.2) is 48.7 Å². The molecule has 4 heteroatoms. The molecule has 1 aromatic carbocycles. The van der Waals surface area contributed by atoms with Crippen LogP contribution in [0.3, 0.4) is 0 Å². The van der Waals surface area contributed by atoms with E-state index in [4.69, 9.17) is 9.47 Å². The molecule has 0 aliphatic rings. The van der Waals surface area contributed by atoms with Crippen molar-refractivity contribution in [2.75, 3.05) is 7.11 Å². The molecule has 2 aromatic rings. The number of carbonyl (C=O) groups is 1. The van der Waals surface area contributed by atoms with Crippen LogP contribution in [-0.2, 0) is 0 Å². The number of esters is 1. The Morgan fingerprint density at radius 1 is 1.12 bits per heavy atom. The SMILES string of the molecule is COc1ccc(OC(=O)c2ccccc2)cn1. The van der Waals surface area contributed by atoms with E-state index in [1.165, 1.54) is 13.3 Å². The van der Waals surface area contributed by atoms with Crippen molar-refractivity contribution < 1.29 is 14.3 Å². The van der Waals surface area contributed by atoms with Gasteiger partial charge in [-0.05, 0) is 18.2 Å². The van der Waals surface area contributed by atoms with Gasteiger partial charge in [0.15, 0.2) is 0 Å². The van der Waals surface area contributed by atoms with E-state index in [0.29, 0.717) is 17.2 Å². The number of ether oxygens (including phenoxy) is 2. The first-order valence-corrected chi connectivity index (χ1v) is 5.07. The average molecular weight is 229 g/mol. The molecule has 2 rings (SSSR count). The van der Waals surface area contributed by atoms with Gasteiger partial charge < -0.3 is 9.47 Å². The van der Waals surface area contributed by atoms with E-state index in [1.54, 1.807) is 36.4 Å². The molecule has 0 fully saturated rings. The van der Waals surface area contributed by atoms with E-state index >= 15 is 0 Å². The molecule has 0 aliphatic heterocycles. The molecule has 0 spiro atoms. The Morgan fingerprint density at radius 2 is 1.88 bits per heavy atom. The maximum absolute atomic E-state index is 11.7. The van der Waals surface area contributed by atoms with Gasteiger partial charge in [-0.15, -0.1) is 0 Å². The second-order valence-corrected chi connectivity index (χ2v) is 3.29. The summed E-state index contributed by atoms with van der Waals surface area (Å²) in [5.74, 6) is 0.460. The number of pyridine rings is 1. The summed E-state index contributed by atoms with van der Waals surface area (Å²) in [4.78, 5) is 15.6. The first kappa shape index (κ1) is 11.1. The zero-order valence-electron chi connectivity index (χ0n) is 9.29. The van der Waals surface area contributed by atoms with Crippen molar-refractivity contribution in [3.05, 3.63) is 54.2 Å². The third-order valence-electron chi connectivity index (χ3n) is 2.14. The van der Waals surface area contributed by atoms with Crippen LogP contribution in [0.2, 0.25) is 0 Å². The van der Waals surface area contributed by atoms with Crippen LogP contribution in [0.4, 0.5) is 0 Å². The number of rotatable bonds is 3. The van der Waals surface area contributed by atoms with Crippen molar-refractivity contribution in [1.82, 2.24) is 4.98 Å². The highest BCUT2D eigenvalue weighted by Crippen LogP contribution is 2.14. The molecule has 0 saturated carbocycles. The van der Waals surface area contributed by atoms with E-state index in [1.807, 2.05) is 6.07 Å². The first-order chi connectivity index (χ1) is 8.29. The molecule has 4 nitrogen and oxygen atoms in total. The second-order valence-electron chi connectivity index (χ2n) is 3.29. The molecule has 0 unspecified atom stereocenters. The fourth-order valence-electron chi connectivity index (χ4n) is 1.29. The van der Waals surface area contributed by atoms with Crippen LogP contribution in [-0.4, -0.2) is 18.1 Å². The van der Waals surface area contributed by atoms with Gasteiger partial charge in [-0.25, -0.2) is 9.78 Å². The van der Waals surface area contributed by atoms with Crippen molar-refractivity contribution in [2.45, 2.75) is 0 Å². The molecule has 0 saturated heterocycles. The summed E-state index contributed by atoms with van der Waals surface area (Å²) in [6.45, 7) is 0. The maximum atomic E-state index is 11.7. The van der Waals surface area contributed by atoms with Crippen LogP contribution >= 0.6 is 0 Å². The Hall–Kier alpha value is -2.36. The molecule has 0 amide bonds. The number of carbonyl (C=O) groups excluding carboxylic acids is 1. The normalized spacial score (nSPS) is 9.71. The number of nitrogens with zero attached hydrogens (tertiary/aromatic N) is 1. The molecule has 1 aromatic heterocycles. The minimum Gasteiger partial charge on any atom is -0.481 e. The van der Waals surface area contributed by atoms with Crippen molar-refractivity contribution >= 4 is 5.97 Å². The summed E-state index contributed by atoms with van der Waals surface area (Å²) in [5, 5.41) is 0. The van der Waals surface area contributed by atoms with E-state index in [9.17, 15) is 4.79 Å². The molecule has 0 N–H and O–H groups in total. The lowest BCUT2D eigenvalue weighted by atomic mass is 10.2. The summed E-state index contributed by atoms with van der Waals surface area (Å²) < 4.78 is 10.1. The van der Waals surface area contributed by atoms with Gasteiger partial charge in [0.1, 0.15) is 5.75 Å².